The number of nitrogen functional groups attached to an aromatic ring is 4. The van der Waals surface area contributed by atoms with Gasteiger partial charge in [0.05, 0.1) is 102 Å². The van der Waals surface area contributed by atoms with E-state index in [4.69, 9.17) is 27.7 Å². The van der Waals surface area contributed by atoms with E-state index in [9.17, 15) is 114 Å². The summed E-state index contributed by atoms with van der Waals surface area (Å²) in [5.74, 6) is -8.48. The lowest BCUT2D eigenvalue weighted by molar-refractivity contribution is 0.0681. The maximum absolute atomic E-state index is 12.0. The van der Waals surface area contributed by atoms with Crippen molar-refractivity contribution in [3.63, 3.8) is 0 Å². The Labute approximate surface area is 722 Å². The standard InChI is InChI=1S/C35H25N19O9.C31H23N19O13S4/c1-14-24(45-47-28-19(9-36)11-40-51(28)21-4-16(30(56)57)3-17(5-21)31(58)59)26(38)53(49-14)33-42-34(44-35(62)43-33)54-27(39)25(15(2)50-54)46-48-29-20(10-37)12-41-52(29)22-6-18(32(60)61)7-23(8-22)63-13-55;1-13-23(41-43-27-15(9-32)11-36-47(27)17-3-19(63-64(52)53)7-20(4-17)65(54,55)56)25(34)49(45-13)29-38-30(40-31(51)39-29)50-26(35)24(14(2)46-50)42-44-28-16(10-33)12-37-48(28)18-5-21(66(57,58)59)8-22(6-18)67(60,61)62/h3-8,11-12,55H,13,38-39H2,1-2H3,(H,56,57)(H,58,59)(H,60,61)(H,42,43,44,62);3-8,11-12H,34-35H2,1-2H3,(H,52,53)(H,54,55,56)(H,57,58,59)(H,60,61,62)(H,38,39,40,51). The molecule has 658 valence electrons. The number of benzene rings is 4. The van der Waals surface area contributed by atoms with E-state index < -0.39 is 122 Å². The summed E-state index contributed by atoms with van der Waals surface area (Å²) < 4.78 is 138. The topological polar surface area (TPSA) is 909 Å². The number of aliphatic hydroxyl groups is 1. The number of rotatable bonds is 26. The predicted octanol–water partition coefficient (Wildman–Crippen LogP) is 5.03. The molecule has 0 radical (unpaired) electrons. The zero-order valence-electron chi connectivity index (χ0n) is 65.0. The fourth-order valence-corrected chi connectivity index (χ4v) is 13.4. The van der Waals surface area contributed by atoms with Crippen molar-refractivity contribution in [1.82, 2.24) is 108 Å². The number of aromatic carboxylic acids is 3. The molecule has 14 aromatic rings. The van der Waals surface area contributed by atoms with Gasteiger partial charge >= 0.3 is 41.3 Å². The highest BCUT2D eigenvalue weighted by atomic mass is 32.2. The third-order valence-electron chi connectivity index (χ3n) is 17.2. The number of aromatic hydroxyl groups is 2. The number of hydrogen-bond acceptors (Lipinski definition) is 45. The average molecular weight is 1850 g/mol. The summed E-state index contributed by atoms with van der Waals surface area (Å²) in [6.07, 6.45) is 4.27. The van der Waals surface area contributed by atoms with Crippen molar-refractivity contribution < 1.29 is 102 Å². The Morgan fingerprint density at radius 2 is 0.669 bits per heavy atom. The molecule has 1 atom stereocenters. The smallest absolute Gasteiger partial charge is 0.357 e. The summed E-state index contributed by atoms with van der Waals surface area (Å²) in [6, 6.07) is 17.3. The van der Waals surface area contributed by atoms with Gasteiger partial charge in [0, 0.05) is 18.2 Å². The van der Waals surface area contributed by atoms with Crippen LogP contribution in [-0.2, 0) is 41.7 Å². The SMILES string of the molecule is Cc1nn(-c2nc(O)nc(-n3nc(C)c(N=Nc4c(C#N)cnn4-c4cc(C(=O)O)cc(C(=O)O)c4)c3N)n2)c(N)c1N=Nc1c(C#N)cnn1-c1cc(OCO)cc(C(=O)O)c1.Cc1nn(-c2nc(O)nc(-n3nc(C)c(N=Nc4c(C#N)cnn4-c4cc(S(=O)(=O)O)cc(S(=O)(=O)O)c4)c3N)n2)c(N)c1N=Nc1c(C#N)cnn1-c1cc(OS(=O)O)cc(S(=O)(=O)O)c1. The van der Waals surface area contributed by atoms with Gasteiger partial charge in [-0.2, -0.15) is 140 Å². The highest BCUT2D eigenvalue weighted by Gasteiger charge is 2.30. The number of carboxylic acid groups (broad SMARTS) is 3. The second-order valence-corrected chi connectivity index (χ2v) is 30.4. The Kier molecular flexibility index (Phi) is 24.1. The third kappa shape index (κ3) is 18.2. The van der Waals surface area contributed by atoms with Crippen LogP contribution in [0.5, 0.6) is 23.5 Å². The fraction of sp³-hybridized carbons (Fsp3) is 0.0758. The molecule has 130 heavy (non-hydrogen) atoms. The number of aryl methyl sites for hydroxylation is 4. The van der Waals surface area contributed by atoms with E-state index in [1.165, 1.54) is 52.1 Å². The highest BCUT2D eigenvalue weighted by Crippen LogP contribution is 2.40. The zero-order valence-corrected chi connectivity index (χ0v) is 68.2. The van der Waals surface area contributed by atoms with E-state index in [1.807, 2.05) is 18.2 Å². The molecule has 0 aliphatic carbocycles. The van der Waals surface area contributed by atoms with Gasteiger partial charge in [-0.05, 0) is 82.3 Å². The summed E-state index contributed by atoms with van der Waals surface area (Å²) in [5, 5.41) is 164. The highest BCUT2D eigenvalue weighted by molar-refractivity contribution is 7.86. The Hall–Kier alpha value is -18.4. The zero-order chi connectivity index (χ0) is 94.2. The van der Waals surface area contributed by atoms with Gasteiger partial charge in [-0.1, -0.05) is 0 Å². The lowest BCUT2D eigenvalue weighted by Gasteiger charge is -2.09. The molecule has 0 saturated carbocycles. The Morgan fingerprint density at radius 1 is 0.400 bits per heavy atom. The Balaban J connectivity index is 0.000000222. The van der Waals surface area contributed by atoms with Gasteiger partial charge in [-0.3, -0.25) is 18.2 Å². The molecule has 0 fully saturated rings. The molecule has 0 bridgehead atoms. The normalized spacial score (nSPS) is 12.0. The van der Waals surface area contributed by atoms with Crippen molar-refractivity contribution in [2.24, 2.45) is 40.9 Å². The molecule has 0 saturated heterocycles. The van der Waals surface area contributed by atoms with E-state index in [-0.39, 0.29) is 160 Å². The summed E-state index contributed by atoms with van der Waals surface area (Å²) in [7, 11) is -15.0. The van der Waals surface area contributed by atoms with Gasteiger partial charge < -0.3 is 62.5 Å². The average Bonchev–Trinajstić information content (AvgIpc) is 1.61. The maximum Gasteiger partial charge on any atom is 0.357 e. The molecule has 10 heterocycles. The van der Waals surface area contributed by atoms with Crippen LogP contribution in [0.25, 0.3) is 46.5 Å². The minimum Gasteiger partial charge on any atom is -0.479 e. The van der Waals surface area contributed by atoms with E-state index >= 15 is 0 Å². The first-order valence-electron chi connectivity index (χ1n) is 34.7. The summed E-state index contributed by atoms with van der Waals surface area (Å²) in [4.78, 5) is 56.6. The third-order valence-corrected chi connectivity index (χ3v) is 20.0. The number of hydrogen-bond donors (Lipinski definition) is 14. The number of carbonyl (C=O) groups is 3. The second-order valence-electron chi connectivity index (χ2n) is 25.5. The lowest BCUT2D eigenvalue weighted by atomic mass is 10.1. The quantitative estimate of drug-likeness (QED) is 0.0146. The predicted molar refractivity (Wildman–Crippen MR) is 427 cm³/mol. The van der Waals surface area contributed by atoms with E-state index in [0.29, 0.717) is 6.07 Å². The van der Waals surface area contributed by atoms with E-state index in [0.717, 1.165) is 105 Å². The Morgan fingerprint density at radius 3 is 0.946 bits per heavy atom. The maximum atomic E-state index is 12.0. The van der Waals surface area contributed by atoms with Crippen LogP contribution in [0.15, 0.2) is 153 Å². The van der Waals surface area contributed by atoms with Crippen molar-refractivity contribution >= 4 is 129 Å². The summed E-state index contributed by atoms with van der Waals surface area (Å²) in [5.41, 5.74) is 23.3. The van der Waals surface area contributed by atoms with Crippen molar-refractivity contribution in [3.8, 4) is 94.3 Å². The van der Waals surface area contributed by atoms with Gasteiger partial charge in [0.2, 0.25) is 0 Å². The van der Waals surface area contributed by atoms with Crippen LogP contribution in [0.1, 0.15) is 76.1 Å². The molecule has 0 amide bonds. The minimum absolute atomic E-state index is 0.0163. The molecule has 0 spiro atoms. The number of nitrogens with two attached hydrogens (primary N) is 4. The number of nitrogens with zero attached hydrogens (tertiary/aromatic N) is 34. The molecule has 60 nitrogen and oxygen atoms in total. The van der Waals surface area contributed by atoms with Crippen molar-refractivity contribution in [2.75, 3.05) is 29.7 Å². The largest absolute Gasteiger partial charge is 0.479 e. The fourth-order valence-electron chi connectivity index (χ4n) is 11.4. The first kappa shape index (κ1) is 89.3. The first-order valence-corrected chi connectivity index (χ1v) is 40.0. The molecule has 18 N–H and O–H groups in total. The summed E-state index contributed by atoms with van der Waals surface area (Å²) in [6.45, 7) is 5.07. The Bertz CT molecular complexity index is 7740. The van der Waals surface area contributed by atoms with Crippen LogP contribution in [0, 0.1) is 73.0 Å². The molecule has 0 aliphatic heterocycles. The molecule has 10 aromatic heterocycles. The second kappa shape index (κ2) is 35.1. The molecule has 1 unspecified atom stereocenters. The number of ether oxygens (including phenoxy) is 1. The van der Waals surface area contributed by atoms with Gasteiger partial charge in [0.1, 0.15) is 58.0 Å². The van der Waals surface area contributed by atoms with Gasteiger partial charge in [0.25, 0.3) is 54.1 Å². The van der Waals surface area contributed by atoms with Crippen LogP contribution in [-0.4, -0.2) is 211 Å². The van der Waals surface area contributed by atoms with Crippen LogP contribution in [0.2, 0.25) is 0 Å². The number of aromatic nitrogens is 22. The summed E-state index contributed by atoms with van der Waals surface area (Å²) >= 11 is -2.92. The number of nitriles is 4. The van der Waals surface area contributed by atoms with Crippen molar-refractivity contribution in [3.05, 3.63) is 159 Å². The molecule has 4 aromatic carbocycles. The van der Waals surface area contributed by atoms with Gasteiger partial charge in [-0.15, -0.1) is 40.9 Å². The number of anilines is 4. The van der Waals surface area contributed by atoms with Gasteiger partial charge in [-0.25, -0.2) is 33.1 Å². The number of azo groups is 4. The van der Waals surface area contributed by atoms with Crippen LogP contribution < -0.4 is 31.9 Å². The van der Waals surface area contributed by atoms with Crippen molar-refractivity contribution in [2.45, 2.75) is 42.4 Å². The minimum atomic E-state index is -5.04. The molecular weight excluding hydrogens is 1810 g/mol. The van der Waals surface area contributed by atoms with Gasteiger partial charge in [0.15, 0.2) is 76.1 Å². The number of carboxylic acids is 3. The molecule has 14 rings (SSSR count). The molecular formula is C66H48N38O22S4. The van der Waals surface area contributed by atoms with Crippen LogP contribution in [0.4, 0.5) is 69.3 Å². The number of aliphatic hydroxyl groups excluding tert-OH is 1. The van der Waals surface area contributed by atoms with E-state index in [2.05, 4.69) is 116 Å². The molecule has 64 heteroatoms. The lowest BCUT2D eigenvalue weighted by Crippen LogP contribution is -2.13. The first-order chi connectivity index (χ1) is 61.5. The van der Waals surface area contributed by atoms with E-state index in [1.54, 1.807) is 6.07 Å². The monoisotopic (exact) mass is 1850 g/mol. The van der Waals surface area contributed by atoms with Crippen LogP contribution in [0.3, 0.4) is 0 Å². The van der Waals surface area contributed by atoms with Crippen LogP contribution >= 0.6 is 0 Å². The molecule has 0 aliphatic rings. The van der Waals surface area contributed by atoms with Crippen molar-refractivity contribution in [1.29, 1.82) is 21.0 Å².